The van der Waals surface area contributed by atoms with Crippen LogP contribution >= 0.6 is 12.4 Å². The molecule has 1 aromatic rings. The van der Waals surface area contributed by atoms with Crippen LogP contribution < -0.4 is 15.8 Å². The Balaban J connectivity index is 0.00000324. The minimum atomic E-state index is -0.748. The first kappa shape index (κ1) is 17.6. The van der Waals surface area contributed by atoms with Crippen LogP contribution in [0.15, 0.2) is 18.2 Å². The number of benzene rings is 1. The Morgan fingerprint density at radius 2 is 2.11 bits per heavy atom. The molecule has 0 saturated heterocycles. The molecule has 7 heteroatoms. The van der Waals surface area contributed by atoms with Crippen molar-refractivity contribution < 1.29 is 18.3 Å². The van der Waals surface area contributed by atoms with Gasteiger partial charge in [-0.25, -0.2) is 8.78 Å². The van der Waals surface area contributed by atoms with Crippen LogP contribution in [0.5, 0.6) is 5.75 Å². The Labute approximate surface area is 116 Å². The number of carbonyl (C=O) groups is 1. The summed E-state index contributed by atoms with van der Waals surface area (Å²) in [6.45, 7) is 1.02. The zero-order valence-corrected chi connectivity index (χ0v) is 11.1. The zero-order chi connectivity index (χ0) is 13.4. The third-order valence-electron chi connectivity index (χ3n) is 2.17. The van der Waals surface area contributed by atoms with Gasteiger partial charge in [-0.1, -0.05) is 0 Å². The summed E-state index contributed by atoms with van der Waals surface area (Å²) in [5.41, 5.74) is 5.22. The molecule has 3 N–H and O–H groups in total. The largest absolute Gasteiger partial charge is 0.491 e. The maximum atomic E-state index is 13.1. The molecule has 0 aliphatic rings. The van der Waals surface area contributed by atoms with Crippen molar-refractivity contribution in [2.45, 2.75) is 12.8 Å². The van der Waals surface area contributed by atoms with Crippen LogP contribution in [-0.2, 0) is 4.79 Å². The van der Waals surface area contributed by atoms with Gasteiger partial charge in [-0.3, -0.25) is 4.79 Å². The Hall–Kier alpha value is -1.40. The lowest BCUT2D eigenvalue weighted by Gasteiger charge is -2.07. The van der Waals surface area contributed by atoms with Crippen LogP contribution in [0.25, 0.3) is 0 Å². The first-order chi connectivity index (χ1) is 8.63. The maximum absolute atomic E-state index is 13.1. The van der Waals surface area contributed by atoms with Crippen molar-refractivity contribution in [1.82, 2.24) is 5.32 Å². The summed E-state index contributed by atoms with van der Waals surface area (Å²) >= 11 is 0. The molecule has 0 aliphatic carbocycles. The first-order valence-corrected chi connectivity index (χ1v) is 5.68. The molecule has 1 aromatic carbocycles. The van der Waals surface area contributed by atoms with Crippen LogP contribution in [0.1, 0.15) is 12.8 Å². The number of ether oxygens (including phenoxy) is 1. The molecule has 108 valence electrons. The molecule has 0 aliphatic heterocycles. The third kappa shape index (κ3) is 6.93. The van der Waals surface area contributed by atoms with Crippen LogP contribution in [0.3, 0.4) is 0 Å². The molecule has 0 atom stereocenters. The Bertz CT molecular complexity index is 405. The van der Waals surface area contributed by atoms with Crippen molar-refractivity contribution in [3.8, 4) is 5.75 Å². The summed E-state index contributed by atoms with van der Waals surface area (Å²) < 4.78 is 30.8. The monoisotopic (exact) mass is 294 g/mol. The van der Waals surface area contributed by atoms with Crippen molar-refractivity contribution in [1.29, 1.82) is 0 Å². The molecular formula is C12H17ClF2N2O2. The smallest absolute Gasteiger partial charge is 0.220 e. The van der Waals surface area contributed by atoms with Gasteiger partial charge in [-0.15, -0.1) is 12.4 Å². The fourth-order valence-electron chi connectivity index (χ4n) is 1.31. The van der Waals surface area contributed by atoms with Gasteiger partial charge in [0.25, 0.3) is 0 Å². The lowest BCUT2D eigenvalue weighted by Crippen LogP contribution is -2.29. The van der Waals surface area contributed by atoms with E-state index in [-0.39, 0.29) is 37.1 Å². The molecule has 1 amide bonds. The minimum Gasteiger partial charge on any atom is -0.491 e. The van der Waals surface area contributed by atoms with E-state index in [1.54, 1.807) is 0 Å². The molecule has 0 fully saturated rings. The van der Waals surface area contributed by atoms with Gasteiger partial charge >= 0.3 is 0 Å². The predicted octanol–water partition coefficient (Wildman–Crippen LogP) is 1.62. The molecular weight excluding hydrogens is 278 g/mol. The van der Waals surface area contributed by atoms with E-state index in [9.17, 15) is 13.6 Å². The van der Waals surface area contributed by atoms with Crippen molar-refractivity contribution in [2.24, 2.45) is 5.73 Å². The first-order valence-electron chi connectivity index (χ1n) is 5.68. The number of nitrogens with two attached hydrogens (primary N) is 1. The summed E-state index contributed by atoms with van der Waals surface area (Å²) in [5.74, 6) is -1.54. The molecule has 0 bridgehead atoms. The van der Waals surface area contributed by atoms with Gasteiger partial charge < -0.3 is 15.8 Å². The van der Waals surface area contributed by atoms with Gasteiger partial charge in [0.05, 0.1) is 6.61 Å². The number of hydrogen-bond acceptors (Lipinski definition) is 3. The average molecular weight is 295 g/mol. The fourth-order valence-corrected chi connectivity index (χ4v) is 1.31. The molecule has 0 aromatic heterocycles. The lowest BCUT2D eigenvalue weighted by molar-refractivity contribution is -0.121. The van der Waals surface area contributed by atoms with E-state index in [1.807, 2.05) is 0 Å². The molecule has 0 heterocycles. The highest BCUT2D eigenvalue weighted by Gasteiger charge is 2.05. The van der Waals surface area contributed by atoms with E-state index < -0.39 is 11.6 Å². The molecule has 0 radical (unpaired) electrons. The highest BCUT2D eigenvalue weighted by atomic mass is 35.5. The number of hydrogen-bond donors (Lipinski definition) is 2. The van der Waals surface area contributed by atoms with Gasteiger partial charge in [0.2, 0.25) is 5.91 Å². The standard InChI is InChI=1S/C12H16F2N2O2.ClH/c13-9-3-4-11(10(14)8-9)18-7-1-2-12(17)16-6-5-15;/h3-4,8H,1-2,5-7,15H2,(H,16,17);1H. The van der Waals surface area contributed by atoms with Gasteiger partial charge in [0.15, 0.2) is 11.6 Å². The fraction of sp³-hybridized carbons (Fsp3) is 0.417. The van der Waals surface area contributed by atoms with Gasteiger partial charge in [0.1, 0.15) is 5.82 Å². The van der Waals surface area contributed by atoms with Crippen LogP contribution in [0.4, 0.5) is 8.78 Å². The second kappa shape index (κ2) is 9.52. The normalized spacial score (nSPS) is 9.63. The van der Waals surface area contributed by atoms with Crippen molar-refractivity contribution in [3.05, 3.63) is 29.8 Å². The minimum absolute atomic E-state index is 0. The third-order valence-corrected chi connectivity index (χ3v) is 2.17. The van der Waals surface area contributed by atoms with Crippen molar-refractivity contribution in [3.63, 3.8) is 0 Å². The van der Waals surface area contributed by atoms with Crippen LogP contribution in [0, 0.1) is 11.6 Å². The Kier molecular flexibility index (Phi) is 8.82. The zero-order valence-electron chi connectivity index (χ0n) is 10.3. The Morgan fingerprint density at radius 1 is 1.37 bits per heavy atom. The number of nitrogens with one attached hydrogen (secondary N) is 1. The van der Waals surface area contributed by atoms with Crippen molar-refractivity contribution in [2.75, 3.05) is 19.7 Å². The molecule has 0 spiro atoms. The Morgan fingerprint density at radius 3 is 2.74 bits per heavy atom. The highest BCUT2D eigenvalue weighted by molar-refractivity contribution is 5.85. The summed E-state index contributed by atoms with van der Waals surface area (Å²) in [6.07, 6.45) is 0.732. The quantitative estimate of drug-likeness (QED) is 0.751. The van der Waals surface area contributed by atoms with E-state index in [0.717, 1.165) is 12.1 Å². The molecule has 4 nitrogen and oxygen atoms in total. The second-order valence-corrected chi connectivity index (χ2v) is 3.67. The topological polar surface area (TPSA) is 64.3 Å². The van der Waals surface area contributed by atoms with Gasteiger partial charge in [-0.05, 0) is 18.6 Å². The van der Waals surface area contributed by atoms with Crippen LogP contribution in [0.2, 0.25) is 0 Å². The maximum Gasteiger partial charge on any atom is 0.220 e. The molecule has 19 heavy (non-hydrogen) atoms. The van der Waals surface area contributed by atoms with Gasteiger partial charge in [-0.2, -0.15) is 0 Å². The second-order valence-electron chi connectivity index (χ2n) is 3.67. The molecule has 0 unspecified atom stereocenters. The number of halogens is 3. The SMILES string of the molecule is Cl.NCCNC(=O)CCCOc1ccc(F)cc1F. The summed E-state index contributed by atoms with van der Waals surface area (Å²) in [7, 11) is 0. The summed E-state index contributed by atoms with van der Waals surface area (Å²) in [5, 5.41) is 2.61. The van der Waals surface area contributed by atoms with Crippen molar-refractivity contribution >= 4 is 18.3 Å². The van der Waals surface area contributed by atoms with E-state index in [2.05, 4.69) is 5.32 Å². The number of carbonyl (C=O) groups excluding carboxylic acids is 1. The number of rotatable bonds is 7. The molecule has 0 saturated carbocycles. The van der Waals surface area contributed by atoms with E-state index >= 15 is 0 Å². The van der Waals surface area contributed by atoms with E-state index in [0.29, 0.717) is 19.5 Å². The molecule has 1 rings (SSSR count). The summed E-state index contributed by atoms with van der Waals surface area (Å²) in [6, 6.07) is 3.09. The average Bonchev–Trinajstić information content (AvgIpc) is 2.34. The van der Waals surface area contributed by atoms with Gasteiger partial charge in [0, 0.05) is 25.6 Å². The predicted molar refractivity (Wildman–Crippen MR) is 70.4 cm³/mol. The number of amides is 1. The summed E-state index contributed by atoms with van der Waals surface area (Å²) in [4.78, 5) is 11.2. The highest BCUT2D eigenvalue weighted by Crippen LogP contribution is 2.17. The lowest BCUT2D eigenvalue weighted by atomic mass is 10.3. The van der Waals surface area contributed by atoms with E-state index in [4.69, 9.17) is 10.5 Å². The van der Waals surface area contributed by atoms with E-state index in [1.165, 1.54) is 6.07 Å². The van der Waals surface area contributed by atoms with Crippen LogP contribution in [-0.4, -0.2) is 25.6 Å².